The van der Waals surface area contributed by atoms with E-state index in [1.807, 2.05) is 49.1 Å². The molecule has 2 amide bonds. The summed E-state index contributed by atoms with van der Waals surface area (Å²) in [5.41, 5.74) is 0.920. The van der Waals surface area contributed by atoms with Gasteiger partial charge in [-0.05, 0) is 11.5 Å². The Balaban J connectivity index is 1.54. The van der Waals surface area contributed by atoms with Crippen LogP contribution in [0, 0.1) is 5.92 Å². The van der Waals surface area contributed by atoms with Crippen LogP contribution in [0.25, 0.3) is 0 Å². The van der Waals surface area contributed by atoms with Crippen molar-refractivity contribution in [2.45, 2.75) is 38.8 Å². The summed E-state index contributed by atoms with van der Waals surface area (Å²) < 4.78 is 23.5. The van der Waals surface area contributed by atoms with Gasteiger partial charge in [0.15, 0.2) is 9.84 Å². The Bertz CT molecular complexity index is 818. The predicted octanol–water partition coefficient (Wildman–Crippen LogP) is -0.716. The van der Waals surface area contributed by atoms with Crippen molar-refractivity contribution in [2.24, 2.45) is 5.92 Å². The molecule has 1 aromatic carbocycles. The summed E-state index contributed by atoms with van der Waals surface area (Å²) in [5.74, 6) is 0.350. The van der Waals surface area contributed by atoms with E-state index in [1.165, 1.54) is 4.90 Å². The maximum absolute atomic E-state index is 13.1. The lowest BCUT2D eigenvalue weighted by Crippen LogP contribution is -3.18. The molecule has 7 nitrogen and oxygen atoms in total. The van der Waals surface area contributed by atoms with Crippen LogP contribution in [0.2, 0.25) is 0 Å². The Morgan fingerprint density at radius 3 is 2.38 bits per heavy atom. The van der Waals surface area contributed by atoms with Crippen LogP contribution < -0.4 is 10.2 Å². The maximum Gasteiger partial charge on any atom is 0.245 e. The maximum atomic E-state index is 13.1. The number of carbonyl (C=O) groups excluding carboxylic acids is 2. The van der Waals surface area contributed by atoms with Gasteiger partial charge in [0.25, 0.3) is 0 Å². The van der Waals surface area contributed by atoms with Crippen molar-refractivity contribution in [3.63, 3.8) is 0 Å². The van der Waals surface area contributed by atoms with Gasteiger partial charge in [-0.2, -0.15) is 0 Å². The van der Waals surface area contributed by atoms with Gasteiger partial charge in [0.1, 0.15) is 17.8 Å². The summed E-state index contributed by atoms with van der Waals surface area (Å²) in [6.45, 7) is 6.60. The second-order valence-corrected chi connectivity index (χ2v) is 10.8. The summed E-state index contributed by atoms with van der Waals surface area (Å²) in [7, 11) is -2.89. The average molecular weight is 423 g/mol. The molecular formula is C21H32N3O4S+. The lowest BCUT2D eigenvalue weighted by Gasteiger charge is -2.37. The molecule has 2 atom stereocenters. The van der Waals surface area contributed by atoms with Gasteiger partial charge in [0.05, 0.1) is 38.4 Å². The van der Waals surface area contributed by atoms with Crippen LogP contribution >= 0.6 is 0 Å². The number of amides is 2. The third kappa shape index (κ3) is 5.79. The number of nitrogens with one attached hydrogen (secondary N) is 2. The van der Waals surface area contributed by atoms with Gasteiger partial charge in [-0.15, -0.1) is 0 Å². The fourth-order valence-corrected chi connectivity index (χ4v) is 6.08. The van der Waals surface area contributed by atoms with Gasteiger partial charge in [-0.25, -0.2) is 8.42 Å². The fraction of sp³-hybridized carbons (Fsp3) is 0.619. The molecule has 0 unspecified atom stereocenters. The minimum Gasteiger partial charge on any atom is -0.344 e. The van der Waals surface area contributed by atoms with Crippen molar-refractivity contribution in [2.75, 3.05) is 37.7 Å². The van der Waals surface area contributed by atoms with Gasteiger partial charge in [-0.3, -0.25) is 9.59 Å². The molecule has 0 spiro atoms. The summed E-state index contributed by atoms with van der Waals surface area (Å²) in [4.78, 5) is 28.6. The van der Waals surface area contributed by atoms with E-state index >= 15 is 0 Å². The van der Waals surface area contributed by atoms with Gasteiger partial charge in [0.2, 0.25) is 11.8 Å². The third-order valence-electron chi connectivity index (χ3n) is 5.98. The molecule has 1 aromatic rings. The molecule has 2 fully saturated rings. The van der Waals surface area contributed by atoms with Crippen molar-refractivity contribution < 1.29 is 22.9 Å². The molecule has 2 aliphatic rings. The molecule has 29 heavy (non-hydrogen) atoms. The SMILES string of the molecule is CC(C)[C@H](NC(=O)Cc1ccccc1)C(=O)N1CC[NH+]([C@@H]2CCS(=O)(=O)C2)CC1. The highest BCUT2D eigenvalue weighted by molar-refractivity contribution is 7.91. The molecule has 0 aliphatic carbocycles. The second-order valence-electron chi connectivity index (χ2n) is 8.54. The highest BCUT2D eigenvalue weighted by Crippen LogP contribution is 2.11. The zero-order chi connectivity index (χ0) is 21.0. The molecule has 2 aliphatic heterocycles. The average Bonchev–Trinajstić information content (AvgIpc) is 3.06. The first-order valence-electron chi connectivity index (χ1n) is 10.4. The number of quaternary nitrogens is 1. The lowest BCUT2D eigenvalue weighted by atomic mass is 10.0. The first-order valence-corrected chi connectivity index (χ1v) is 12.2. The highest BCUT2D eigenvalue weighted by Gasteiger charge is 2.38. The molecule has 8 heteroatoms. The fourth-order valence-electron chi connectivity index (χ4n) is 4.26. The first kappa shape index (κ1) is 21.8. The zero-order valence-corrected chi connectivity index (χ0v) is 18.1. The molecule has 3 rings (SSSR count). The van der Waals surface area contributed by atoms with E-state index in [0.29, 0.717) is 13.1 Å². The number of piperazine rings is 1. The number of rotatable bonds is 6. The molecule has 0 aromatic heterocycles. The number of hydrogen-bond acceptors (Lipinski definition) is 4. The molecule has 0 radical (unpaired) electrons. The Kier molecular flexibility index (Phi) is 6.95. The van der Waals surface area contributed by atoms with Crippen molar-refractivity contribution in [3.05, 3.63) is 35.9 Å². The van der Waals surface area contributed by atoms with Gasteiger partial charge in [-0.1, -0.05) is 44.2 Å². The predicted molar refractivity (Wildman–Crippen MR) is 111 cm³/mol. The number of benzene rings is 1. The zero-order valence-electron chi connectivity index (χ0n) is 17.3. The largest absolute Gasteiger partial charge is 0.344 e. The van der Waals surface area contributed by atoms with Crippen LogP contribution in [0.5, 0.6) is 0 Å². The Labute approximate surface area is 173 Å². The van der Waals surface area contributed by atoms with Gasteiger partial charge >= 0.3 is 0 Å². The summed E-state index contributed by atoms with van der Waals surface area (Å²) in [6, 6.07) is 9.11. The van der Waals surface area contributed by atoms with Crippen LogP contribution in [0.15, 0.2) is 30.3 Å². The van der Waals surface area contributed by atoms with E-state index in [1.54, 1.807) is 0 Å². The van der Waals surface area contributed by atoms with Gasteiger partial charge in [0, 0.05) is 6.42 Å². The molecule has 160 valence electrons. The summed E-state index contributed by atoms with van der Waals surface area (Å²) >= 11 is 0. The summed E-state index contributed by atoms with van der Waals surface area (Å²) in [6.07, 6.45) is 0.973. The summed E-state index contributed by atoms with van der Waals surface area (Å²) in [5, 5.41) is 2.92. The molecule has 0 saturated carbocycles. The smallest absolute Gasteiger partial charge is 0.245 e. The minimum atomic E-state index is -2.89. The van der Waals surface area contributed by atoms with E-state index in [0.717, 1.165) is 25.1 Å². The van der Waals surface area contributed by atoms with E-state index in [-0.39, 0.29) is 41.7 Å². The van der Waals surface area contributed by atoms with Crippen molar-refractivity contribution in [3.8, 4) is 0 Å². The van der Waals surface area contributed by atoms with E-state index in [4.69, 9.17) is 0 Å². The lowest BCUT2D eigenvalue weighted by molar-refractivity contribution is -0.925. The molecule has 2 heterocycles. The van der Waals surface area contributed by atoms with Crippen molar-refractivity contribution in [1.29, 1.82) is 0 Å². The van der Waals surface area contributed by atoms with Crippen molar-refractivity contribution in [1.82, 2.24) is 10.2 Å². The Hall–Kier alpha value is -1.93. The minimum absolute atomic E-state index is 0.00688. The van der Waals surface area contributed by atoms with Crippen LogP contribution in [-0.4, -0.2) is 74.9 Å². The Morgan fingerprint density at radius 2 is 1.83 bits per heavy atom. The topological polar surface area (TPSA) is 88.0 Å². The van der Waals surface area contributed by atoms with Crippen LogP contribution in [0.1, 0.15) is 25.8 Å². The number of hydrogen-bond donors (Lipinski definition) is 2. The number of sulfone groups is 1. The third-order valence-corrected chi connectivity index (χ3v) is 7.75. The molecule has 2 saturated heterocycles. The monoisotopic (exact) mass is 422 g/mol. The van der Waals surface area contributed by atoms with E-state index in [9.17, 15) is 18.0 Å². The number of carbonyl (C=O) groups is 2. The standard InChI is InChI=1S/C21H31N3O4S/c1-16(2)20(22-19(25)14-17-6-4-3-5-7-17)21(26)24-11-9-23(10-12-24)18-8-13-29(27,28)15-18/h3-7,16,18,20H,8-15H2,1-2H3,(H,22,25)/p+1/t18-,20+/m1/s1. The second kappa shape index (κ2) is 9.26. The molecule has 2 N–H and O–H groups in total. The van der Waals surface area contributed by atoms with E-state index in [2.05, 4.69) is 5.32 Å². The normalized spacial score (nSPS) is 23.1. The quantitative estimate of drug-likeness (QED) is 0.634. The van der Waals surface area contributed by atoms with Crippen LogP contribution in [0.4, 0.5) is 0 Å². The molecule has 0 bridgehead atoms. The van der Waals surface area contributed by atoms with Crippen molar-refractivity contribution >= 4 is 21.7 Å². The van der Waals surface area contributed by atoms with Gasteiger partial charge < -0.3 is 15.1 Å². The van der Waals surface area contributed by atoms with Crippen LogP contribution in [-0.2, 0) is 25.8 Å². The van der Waals surface area contributed by atoms with Crippen LogP contribution in [0.3, 0.4) is 0 Å². The highest BCUT2D eigenvalue weighted by atomic mass is 32.2. The van der Waals surface area contributed by atoms with E-state index < -0.39 is 15.9 Å². The Morgan fingerprint density at radius 1 is 1.17 bits per heavy atom. The number of nitrogens with zero attached hydrogens (tertiary/aromatic N) is 1. The molecular weight excluding hydrogens is 390 g/mol. The first-order chi connectivity index (χ1) is 13.7.